The molecule has 1 aliphatic rings. The Morgan fingerprint density at radius 3 is 2.44 bits per heavy atom. The van der Waals surface area contributed by atoms with Crippen LogP contribution in [-0.4, -0.2) is 57.7 Å². The van der Waals surface area contributed by atoms with Gasteiger partial charge in [-0.25, -0.2) is 14.4 Å². The molecular weight excluding hydrogens is 469 g/mol. The highest BCUT2D eigenvalue weighted by molar-refractivity contribution is 5.95. The van der Waals surface area contributed by atoms with E-state index in [0.29, 0.717) is 0 Å². The fourth-order valence-electron chi connectivity index (χ4n) is 3.91. The molecule has 1 amide bonds. The molecular formula is C21H22F5N3O5. The number of halogens is 5. The third-order valence-corrected chi connectivity index (χ3v) is 5.98. The number of nitrogens with one attached hydrogen (secondary N) is 1. The first-order chi connectivity index (χ1) is 15.9. The smallest absolute Gasteiger partial charge is 0.417 e. The molecule has 2 heterocycles. The summed E-state index contributed by atoms with van der Waals surface area (Å²) in [5, 5.41) is 20.8. The summed E-state index contributed by atoms with van der Waals surface area (Å²) < 4.78 is 80.1. The molecule has 186 valence electrons. The minimum atomic E-state index is -4.89. The van der Waals surface area contributed by atoms with E-state index in [1.807, 2.05) is 0 Å². The van der Waals surface area contributed by atoms with Crippen LogP contribution in [0.3, 0.4) is 0 Å². The summed E-state index contributed by atoms with van der Waals surface area (Å²) >= 11 is 0. The molecule has 8 nitrogen and oxygen atoms in total. The highest BCUT2D eigenvalue weighted by Gasteiger charge is 2.65. The predicted molar refractivity (Wildman–Crippen MR) is 107 cm³/mol. The zero-order chi connectivity index (χ0) is 25.4. The van der Waals surface area contributed by atoms with E-state index in [-0.39, 0.29) is 17.1 Å². The van der Waals surface area contributed by atoms with E-state index < -0.39 is 65.7 Å². The summed E-state index contributed by atoms with van der Waals surface area (Å²) in [6.45, 7) is 1.33. The number of ether oxygens (including phenoxy) is 2. The molecule has 3 N–H and O–H groups in total. The van der Waals surface area contributed by atoms with Crippen LogP contribution in [0.1, 0.15) is 37.3 Å². The number of nitrogens with zero attached hydrogens (tertiary/aromatic N) is 2. The number of aliphatic hydroxyl groups is 2. The molecule has 34 heavy (non-hydrogen) atoms. The number of anilines is 1. The monoisotopic (exact) mass is 491 g/mol. The molecule has 0 bridgehead atoms. The lowest BCUT2D eigenvalue weighted by Crippen LogP contribution is -2.47. The largest absolute Gasteiger partial charge is 0.493 e. The van der Waals surface area contributed by atoms with E-state index in [1.54, 1.807) is 0 Å². The Hall–Kier alpha value is -2.90. The second-order valence-electron chi connectivity index (χ2n) is 7.96. The molecule has 5 atom stereocenters. The van der Waals surface area contributed by atoms with Crippen molar-refractivity contribution in [1.82, 2.24) is 9.97 Å². The number of carbonyl (C=O) groups excluding carboxylic acids is 1. The summed E-state index contributed by atoms with van der Waals surface area (Å²) in [6, 6.07) is 1.79. The van der Waals surface area contributed by atoms with Crippen LogP contribution in [-0.2, 0) is 9.53 Å². The fraction of sp³-hybridized carbons (Fsp3) is 0.476. The van der Waals surface area contributed by atoms with E-state index in [9.17, 15) is 31.9 Å². The number of hydrogen-bond acceptors (Lipinski definition) is 7. The summed E-state index contributed by atoms with van der Waals surface area (Å²) in [5.41, 5.74) is -2.99. The van der Waals surface area contributed by atoms with Crippen molar-refractivity contribution < 1.29 is 46.4 Å². The minimum Gasteiger partial charge on any atom is -0.493 e. The van der Waals surface area contributed by atoms with Crippen molar-refractivity contribution in [2.24, 2.45) is 5.92 Å². The highest BCUT2D eigenvalue weighted by atomic mass is 19.4. The molecule has 13 heteroatoms. The fourth-order valence-corrected chi connectivity index (χ4v) is 3.91. The van der Waals surface area contributed by atoms with Crippen molar-refractivity contribution in [3.8, 4) is 5.75 Å². The van der Waals surface area contributed by atoms with Gasteiger partial charge in [0.2, 0.25) is 5.82 Å². The van der Waals surface area contributed by atoms with Gasteiger partial charge in [0, 0.05) is 17.4 Å². The Balaban J connectivity index is 2.01. The lowest BCUT2D eigenvalue weighted by atomic mass is 9.77. The Labute approximate surface area is 190 Å². The topological polar surface area (TPSA) is 114 Å². The zero-order valence-electron chi connectivity index (χ0n) is 18.2. The summed E-state index contributed by atoms with van der Waals surface area (Å²) in [4.78, 5) is 20.6. The highest BCUT2D eigenvalue weighted by Crippen LogP contribution is 2.54. The number of hydrogen-bond donors (Lipinski definition) is 3. The molecule has 1 aromatic carbocycles. The first-order valence-electron chi connectivity index (χ1n) is 10.0. The number of benzene rings is 1. The molecule has 0 aliphatic carbocycles. The van der Waals surface area contributed by atoms with E-state index in [0.717, 1.165) is 38.6 Å². The number of aromatic nitrogens is 2. The molecule has 0 saturated carbocycles. The van der Waals surface area contributed by atoms with Crippen LogP contribution < -0.4 is 10.1 Å². The number of carbonyl (C=O) groups is 1. The number of amides is 1. The Kier molecular flexibility index (Phi) is 7.10. The predicted octanol–water partition coefficient (Wildman–Crippen LogP) is 2.87. The number of aliphatic hydroxyl groups excluding tert-OH is 2. The maximum absolute atomic E-state index is 14.4. The molecule has 0 radical (unpaired) electrons. The van der Waals surface area contributed by atoms with E-state index >= 15 is 0 Å². The molecule has 1 fully saturated rings. The SMILES string of the molecule is COc1c([C@H]2[C@H](C(=O)Nc3cnc([C@H](O)CO)nc3)O[C@@](C)(C(F)(F)F)[C@H]2C)ccc(F)c1F. The average Bonchev–Trinajstić information content (AvgIpc) is 3.07. The van der Waals surface area contributed by atoms with Gasteiger partial charge in [-0.3, -0.25) is 4.79 Å². The third-order valence-electron chi connectivity index (χ3n) is 5.98. The Bertz CT molecular complexity index is 1050. The van der Waals surface area contributed by atoms with E-state index in [2.05, 4.69) is 15.3 Å². The van der Waals surface area contributed by atoms with Crippen LogP contribution in [0.15, 0.2) is 24.5 Å². The number of alkyl halides is 3. The second-order valence-corrected chi connectivity index (χ2v) is 7.96. The first kappa shape index (κ1) is 25.7. The van der Waals surface area contributed by atoms with Crippen LogP contribution in [0.5, 0.6) is 5.75 Å². The maximum atomic E-state index is 14.4. The average molecular weight is 491 g/mol. The van der Waals surface area contributed by atoms with E-state index in [1.165, 1.54) is 6.92 Å². The Morgan fingerprint density at radius 1 is 1.29 bits per heavy atom. The molecule has 3 rings (SSSR count). The maximum Gasteiger partial charge on any atom is 0.417 e. The van der Waals surface area contributed by atoms with Gasteiger partial charge in [-0.1, -0.05) is 13.0 Å². The minimum absolute atomic E-state index is 0.0354. The van der Waals surface area contributed by atoms with Crippen LogP contribution in [0, 0.1) is 17.6 Å². The molecule has 1 aliphatic heterocycles. The number of methoxy groups -OCH3 is 1. The quantitative estimate of drug-likeness (QED) is 0.533. The summed E-state index contributed by atoms with van der Waals surface area (Å²) in [5.74, 6) is -7.23. The van der Waals surface area contributed by atoms with Crippen LogP contribution >= 0.6 is 0 Å². The zero-order valence-corrected chi connectivity index (χ0v) is 18.2. The van der Waals surface area contributed by atoms with Crippen molar-refractivity contribution >= 4 is 11.6 Å². The number of rotatable bonds is 6. The second kappa shape index (κ2) is 9.39. The van der Waals surface area contributed by atoms with Gasteiger partial charge in [-0.05, 0) is 13.0 Å². The standard InChI is InChI=1S/C21H22F5N3O5/c1-9-14(11-4-5-12(22)15(23)16(11)33-3)17(34-20(9,2)21(24,25)26)19(32)29-10-6-27-18(28-7-10)13(31)8-30/h4-7,9,13-14,17,30-31H,8H2,1-3H3,(H,29,32)/t9-,13+,14-,17+,20+/m0/s1. The van der Waals surface area contributed by atoms with Crippen LogP contribution in [0.2, 0.25) is 0 Å². The van der Waals surface area contributed by atoms with Gasteiger partial charge in [0.25, 0.3) is 5.91 Å². The van der Waals surface area contributed by atoms with Crippen LogP contribution in [0.25, 0.3) is 0 Å². The van der Waals surface area contributed by atoms with Gasteiger partial charge in [0.05, 0.1) is 31.8 Å². The Morgan fingerprint density at radius 2 is 1.91 bits per heavy atom. The third kappa shape index (κ3) is 4.42. The molecule has 2 aromatic rings. The molecule has 1 saturated heterocycles. The van der Waals surface area contributed by atoms with Crippen LogP contribution in [0.4, 0.5) is 27.6 Å². The normalized spacial score (nSPS) is 25.8. The van der Waals surface area contributed by atoms with Crippen molar-refractivity contribution in [2.45, 2.75) is 43.8 Å². The lowest BCUT2D eigenvalue weighted by Gasteiger charge is -2.32. The van der Waals surface area contributed by atoms with Crippen molar-refractivity contribution in [3.63, 3.8) is 0 Å². The van der Waals surface area contributed by atoms with Gasteiger partial charge in [0.15, 0.2) is 23.0 Å². The summed E-state index contributed by atoms with van der Waals surface area (Å²) in [7, 11) is 1.03. The molecule has 0 spiro atoms. The van der Waals surface area contributed by atoms with Gasteiger partial charge >= 0.3 is 6.18 Å². The van der Waals surface area contributed by atoms with Crippen molar-refractivity contribution in [2.75, 3.05) is 19.0 Å². The first-order valence-corrected chi connectivity index (χ1v) is 10.0. The summed E-state index contributed by atoms with van der Waals surface area (Å²) in [6.07, 6.45) is -5.87. The van der Waals surface area contributed by atoms with Crippen molar-refractivity contribution in [3.05, 3.63) is 47.5 Å². The van der Waals surface area contributed by atoms with Gasteiger partial charge < -0.3 is 25.0 Å². The molecule has 0 unspecified atom stereocenters. The van der Waals surface area contributed by atoms with Crippen molar-refractivity contribution in [1.29, 1.82) is 0 Å². The van der Waals surface area contributed by atoms with Gasteiger partial charge in [-0.2, -0.15) is 17.6 Å². The molecule has 1 aromatic heterocycles. The van der Waals surface area contributed by atoms with E-state index in [4.69, 9.17) is 14.6 Å². The van der Waals surface area contributed by atoms with Gasteiger partial charge in [0.1, 0.15) is 12.2 Å². The lowest BCUT2D eigenvalue weighted by molar-refractivity contribution is -0.272. The van der Waals surface area contributed by atoms with Gasteiger partial charge in [-0.15, -0.1) is 0 Å².